The van der Waals surface area contributed by atoms with E-state index in [-0.39, 0.29) is 5.92 Å². The van der Waals surface area contributed by atoms with E-state index in [1.165, 1.54) is 0 Å². The lowest BCUT2D eigenvalue weighted by atomic mass is 10.2. The summed E-state index contributed by atoms with van der Waals surface area (Å²) in [6, 6.07) is 0. The van der Waals surface area contributed by atoms with Crippen LogP contribution in [-0.2, 0) is 0 Å². The predicted molar refractivity (Wildman–Crippen MR) is 53.4 cm³/mol. The van der Waals surface area contributed by atoms with Crippen LogP contribution >= 0.6 is 11.6 Å². The second-order valence-corrected chi connectivity index (χ2v) is 3.83. The lowest BCUT2D eigenvalue weighted by molar-refractivity contribution is 0.441. The average Bonchev–Trinajstić information content (AvgIpc) is 2.48. The van der Waals surface area contributed by atoms with Crippen molar-refractivity contribution in [3.05, 3.63) is 16.7 Å². The normalized spacial score (nSPS) is 11.5. The summed E-state index contributed by atoms with van der Waals surface area (Å²) in [5.41, 5.74) is 1.19. The Kier molecular flexibility index (Phi) is 2.15. The highest BCUT2D eigenvalue weighted by molar-refractivity contribution is 6.34. The van der Waals surface area contributed by atoms with Crippen molar-refractivity contribution >= 4 is 22.7 Å². The molecular weight excluding hydrogens is 202 g/mol. The molecule has 0 amide bonds. The highest BCUT2D eigenvalue weighted by Gasteiger charge is 2.14. The molecule has 2 aromatic rings. The molecule has 5 heteroatoms. The quantitative estimate of drug-likeness (QED) is 0.681. The SMILES string of the molecule is Cc1noc2nc(C(C)C)nc(Cl)c12. The third kappa shape index (κ3) is 1.35. The third-order valence-electron chi connectivity index (χ3n) is 2.00. The molecule has 0 aliphatic carbocycles. The van der Waals surface area contributed by atoms with Crippen LogP contribution in [0.4, 0.5) is 0 Å². The topological polar surface area (TPSA) is 51.8 Å². The predicted octanol–water partition coefficient (Wildman–Crippen LogP) is 2.70. The molecule has 2 aromatic heterocycles. The van der Waals surface area contributed by atoms with Crippen molar-refractivity contribution in [2.24, 2.45) is 0 Å². The number of nitrogens with zero attached hydrogens (tertiary/aromatic N) is 3. The van der Waals surface area contributed by atoms with E-state index in [9.17, 15) is 0 Å². The van der Waals surface area contributed by atoms with Crippen LogP contribution in [0.5, 0.6) is 0 Å². The lowest BCUT2D eigenvalue weighted by Crippen LogP contribution is -1.97. The fourth-order valence-corrected chi connectivity index (χ4v) is 1.52. The Hall–Kier alpha value is -1.16. The Balaban J connectivity index is 2.74. The van der Waals surface area contributed by atoms with Gasteiger partial charge < -0.3 is 4.52 Å². The van der Waals surface area contributed by atoms with E-state index in [0.717, 1.165) is 5.69 Å². The van der Waals surface area contributed by atoms with Crippen LogP contribution in [0.1, 0.15) is 31.3 Å². The summed E-state index contributed by atoms with van der Waals surface area (Å²) in [6.45, 7) is 5.82. The van der Waals surface area contributed by atoms with Gasteiger partial charge in [-0.15, -0.1) is 0 Å². The maximum Gasteiger partial charge on any atom is 0.262 e. The van der Waals surface area contributed by atoms with Crippen molar-refractivity contribution < 1.29 is 4.52 Å². The first-order valence-corrected chi connectivity index (χ1v) is 4.77. The average molecular weight is 212 g/mol. The van der Waals surface area contributed by atoms with Crippen molar-refractivity contribution in [3.8, 4) is 0 Å². The van der Waals surface area contributed by atoms with Crippen molar-refractivity contribution in [1.82, 2.24) is 15.1 Å². The van der Waals surface area contributed by atoms with Crippen LogP contribution < -0.4 is 0 Å². The first-order chi connectivity index (χ1) is 6.59. The molecule has 0 fully saturated rings. The molecule has 0 atom stereocenters. The van der Waals surface area contributed by atoms with Gasteiger partial charge in [0.25, 0.3) is 5.71 Å². The van der Waals surface area contributed by atoms with E-state index in [0.29, 0.717) is 22.1 Å². The minimum atomic E-state index is 0.224. The number of hydrogen-bond acceptors (Lipinski definition) is 4. The van der Waals surface area contributed by atoms with Gasteiger partial charge in [0.15, 0.2) is 0 Å². The summed E-state index contributed by atoms with van der Waals surface area (Å²) in [7, 11) is 0. The van der Waals surface area contributed by atoms with E-state index in [1.54, 1.807) is 0 Å². The van der Waals surface area contributed by atoms with Crippen LogP contribution in [0.2, 0.25) is 5.15 Å². The summed E-state index contributed by atoms with van der Waals surface area (Å²) < 4.78 is 5.03. The van der Waals surface area contributed by atoms with Gasteiger partial charge in [-0.1, -0.05) is 30.6 Å². The summed E-state index contributed by atoms with van der Waals surface area (Å²) in [5, 5.41) is 4.91. The summed E-state index contributed by atoms with van der Waals surface area (Å²) in [4.78, 5) is 8.42. The molecule has 0 aliphatic rings. The second-order valence-electron chi connectivity index (χ2n) is 3.48. The molecule has 0 radical (unpaired) electrons. The van der Waals surface area contributed by atoms with Gasteiger partial charge in [0.2, 0.25) is 0 Å². The Labute approximate surface area is 86.3 Å². The summed E-state index contributed by atoms with van der Waals surface area (Å²) in [6.07, 6.45) is 0. The highest BCUT2D eigenvalue weighted by Crippen LogP contribution is 2.25. The van der Waals surface area contributed by atoms with Crippen LogP contribution in [0.15, 0.2) is 4.52 Å². The Morgan fingerprint density at radius 2 is 2.00 bits per heavy atom. The van der Waals surface area contributed by atoms with Gasteiger partial charge in [-0.25, -0.2) is 4.98 Å². The molecule has 2 rings (SSSR count). The molecule has 2 heterocycles. The molecule has 74 valence electrons. The monoisotopic (exact) mass is 211 g/mol. The maximum absolute atomic E-state index is 6.00. The molecule has 0 saturated carbocycles. The zero-order valence-electron chi connectivity index (χ0n) is 8.21. The number of hydrogen-bond donors (Lipinski definition) is 0. The fraction of sp³-hybridized carbons (Fsp3) is 0.444. The molecule has 14 heavy (non-hydrogen) atoms. The molecule has 0 bridgehead atoms. The van der Waals surface area contributed by atoms with Crippen LogP contribution in [-0.4, -0.2) is 15.1 Å². The third-order valence-corrected chi connectivity index (χ3v) is 2.27. The van der Waals surface area contributed by atoms with Crippen LogP contribution in [0, 0.1) is 6.92 Å². The first-order valence-electron chi connectivity index (χ1n) is 4.39. The van der Waals surface area contributed by atoms with Gasteiger partial charge in [-0.2, -0.15) is 4.98 Å². The Morgan fingerprint density at radius 1 is 1.29 bits per heavy atom. The van der Waals surface area contributed by atoms with Gasteiger partial charge in [-0.3, -0.25) is 0 Å². The van der Waals surface area contributed by atoms with Crippen molar-refractivity contribution in [1.29, 1.82) is 0 Å². The first kappa shape index (κ1) is 9.40. The van der Waals surface area contributed by atoms with E-state index >= 15 is 0 Å². The van der Waals surface area contributed by atoms with Crippen molar-refractivity contribution in [3.63, 3.8) is 0 Å². The number of aryl methyl sites for hydroxylation is 1. The summed E-state index contributed by atoms with van der Waals surface area (Å²) in [5.74, 6) is 0.904. The van der Waals surface area contributed by atoms with Gasteiger partial charge in [0.05, 0.1) is 5.69 Å². The number of aromatic nitrogens is 3. The zero-order valence-corrected chi connectivity index (χ0v) is 8.96. The highest BCUT2D eigenvalue weighted by atomic mass is 35.5. The van der Waals surface area contributed by atoms with Gasteiger partial charge in [-0.05, 0) is 6.92 Å². The zero-order chi connectivity index (χ0) is 10.3. The van der Waals surface area contributed by atoms with E-state index < -0.39 is 0 Å². The Morgan fingerprint density at radius 3 is 2.64 bits per heavy atom. The smallest absolute Gasteiger partial charge is 0.262 e. The molecule has 4 nitrogen and oxygen atoms in total. The lowest BCUT2D eigenvalue weighted by Gasteiger charge is -2.02. The molecule has 0 N–H and O–H groups in total. The maximum atomic E-state index is 6.00. The largest absolute Gasteiger partial charge is 0.335 e. The Bertz CT molecular complexity index is 478. The van der Waals surface area contributed by atoms with E-state index in [4.69, 9.17) is 16.1 Å². The van der Waals surface area contributed by atoms with Gasteiger partial charge >= 0.3 is 0 Å². The molecule has 0 unspecified atom stereocenters. The second kappa shape index (κ2) is 3.20. The molecule has 0 aliphatic heterocycles. The fourth-order valence-electron chi connectivity index (χ4n) is 1.22. The van der Waals surface area contributed by atoms with Crippen molar-refractivity contribution in [2.45, 2.75) is 26.7 Å². The number of fused-ring (bicyclic) bond motifs is 1. The summed E-state index contributed by atoms with van der Waals surface area (Å²) >= 11 is 6.00. The molecule has 0 aromatic carbocycles. The minimum absolute atomic E-state index is 0.224. The molecular formula is C9H10ClN3O. The number of halogens is 1. The van der Waals surface area contributed by atoms with E-state index in [2.05, 4.69) is 15.1 Å². The van der Waals surface area contributed by atoms with Crippen LogP contribution in [0.3, 0.4) is 0 Å². The molecule has 0 saturated heterocycles. The standard InChI is InChI=1S/C9H10ClN3O/c1-4(2)8-11-7(10)6-5(3)13-14-9(6)12-8/h4H,1-3H3. The van der Waals surface area contributed by atoms with Crippen LogP contribution in [0.25, 0.3) is 11.1 Å². The number of rotatable bonds is 1. The van der Waals surface area contributed by atoms with Gasteiger partial charge in [0, 0.05) is 5.92 Å². The minimum Gasteiger partial charge on any atom is -0.335 e. The van der Waals surface area contributed by atoms with Crippen molar-refractivity contribution in [2.75, 3.05) is 0 Å². The van der Waals surface area contributed by atoms with E-state index in [1.807, 2.05) is 20.8 Å². The van der Waals surface area contributed by atoms with Gasteiger partial charge in [0.1, 0.15) is 16.4 Å². The molecule has 0 spiro atoms.